The molecule has 3 atom stereocenters. The molecule has 0 bridgehead atoms. The molecule has 2 heterocycles. The number of hydrogen-bond acceptors (Lipinski definition) is 7. The second kappa shape index (κ2) is 14.0. The third-order valence-electron chi connectivity index (χ3n) is 13.8. The molecule has 2 fully saturated rings. The van der Waals surface area contributed by atoms with E-state index in [1.165, 1.54) is 34.4 Å². The highest BCUT2D eigenvalue weighted by atomic mass is 32.2. The summed E-state index contributed by atoms with van der Waals surface area (Å²) in [6, 6.07) is 36.2. The molecule has 6 nitrogen and oxygen atoms in total. The van der Waals surface area contributed by atoms with E-state index in [1.807, 2.05) is 42.5 Å². The molecule has 60 heavy (non-hydrogen) atoms. The molecule has 6 aromatic rings. The molecule has 1 saturated heterocycles. The van der Waals surface area contributed by atoms with Gasteiger partial charge in [0.15, 0.2) is 5.60 Å². The zero-order valence-corrected chi connectivity index (χ0v) is 36.5. The van der Waals surface area contributed by atoms with Crippen LogP contribution in [0.3, 0.4) is 0 Å². The van der Waals surface area contributed by atoms with Crippen molar-refractivity contribution in [2.45, 2.75) is 56.3 Å². The first-order valence-electron chi connectivity index (χ1n) is 20.8. The van der Waals surface area contributed by atoms with Crippen molar-refractivity contribution in [2.75, 3.05) is 41.3 Å². The average Bonchev–Trinajstić information content (AvgIpc) is 4.11. The standard InChI is InChI=1S/C53H52O6S/c1-50(2)29-51(3,46-28-60-46)31-52(30-50)43-12-10-9-11-38(43)47-41-27-45(58-8)40(37-22-21-36(56-6)25-44(37)57-7)26-42(41)49-39(48(47)52)23-24-53(59-49,32-13-17-34(54-4)18-14-32)33-15-19-35(55-5)20-16-33/h9-27,46H,28-31H2,1-8H3. The normalized spacial score (nSPS) is 22.6. The van der Waals surface area contributed by atoms with Gasteiger partial charge in [-0.2, -0.15) is 11.8 Å². The van der Waals surface area contributed by atoms with E-state index in [0.29, 0.717) is 11.0 Å². The van der Waals surface area contributed by atoms with Crippen LogP contribution in [-0.4, -0.2) is 46.6 Å². The van der Waals surface area contributed by atoms with Crippen molar-refractivity contribution in [3.05, 3.63) is 137 Å². The van der Waals surface area contributed by atoms with E-state index in [4.69, 9.17) is 28.4 Å². The maximum atomic E-state index is 7.87. The van der Waals surface area contributed by atoms with Crippen LogP contribution < -0.4 is 28.4 Å². The van der Waals surface area contributed by atoms with Crippen LogP contribution in [0.15, 0.2) is 109 Å². The fourth-order valence-corrected chi connectivity index (χ4v) is 12.7. The molecule has 1 saturated carbocycles. The lowest BCUT2D eigenvalue weighted by Gasteiger charge is -2.53. The molecule has 0 N–H and O–H groups in total. The van der Waals surface area contributed by atoms with E-state index in [9.17, 15) is 0 Å². The zero-order valence-electron chi connectivity index (χ0n) is 35.7. The predicted octanol–water partition coefficient (Wildman–Crippen LogP) is 12.5. The summed E-state index contributed by atoms with van der Waals surface area (Å²) in [7, 11) is 8.53. The molecule has 0 amide bonds. The van der Waals surface area contributed by atoms with Crippen molar-refractivity contribution >= 4 is 28.6 Å². The number of fused-ring (bicyclic) bond motifs is 10. The smallest absolute Gasteiger partial charge is 0.178 e. The lowest BCUT2D eigenvalue weighted by molar-refractivity contribution is 0.0570. The number of methoxy groups -OCH3 is 5. The van der Waals surface area contributed by atoms with Gasteiger partial charge in [-0.05, 0) is 112 Å². The average molecular weight is 817 g/mol. The van der Waals surface area contributed by atoms with Gasteiger partial charge in [-0.1, -0.05) is 75.4 Å². The second-order valence-corrected chi connectivity index (χ2v) is 19.3. The Labute approximate surface area is 357 Å². The van der Waals surface area contributed by atoms with E-state index >= 15 is 0 Å². The van der Waals surface area contributed by atoms with E-state index in [0.717, 1.165) is 80.2 Å². The van der Waals surface area contributed by atoms with Crippen molar-refractivity contribution in [3.8, 4) is 56.8 Å². The predicted molar refractivity (Wildman–Crippen MR) is 244 cm³/mol. The van der Waals surface area contributed by atoms with Crippen molar-refractivity contribution < 1.29 is 28.4 Å². The highest BCUT2D eigenvalue weighted by Crippen LogP contribution is 2.69. The summed E-state index contributed by atoms with van der Waals surface area (Å²) in [5.41, 5.74) is 9.38. The third-order valence-corrected chi connectivity index (χ3v) is 15.0. The maximum Gasteiger partial charge on any atom is 0.178 e. The van der Waals surface area contributed by atoms with Crippen LogP contribution in [0.1, 0.15) is 67.9 Å². The van der Waals surface area contributed by atoms with Gasteiger partial charge in [-0.15, -0.1) is 0 Å². The van der Waals surface area contributed by atoms with Crippen molar-refractivity contribution in [1.82, 2.24) is 0 Å². The van der Waals surface area contributed by atoms with Crippen LogP contribution in [-0.2, 0) is 11.0 Å². The summed E-state index contributed by atoms with van der Waals surface area (Å²) < 4.78 is 37.1. The number of rotatable bonds is 9. The van der Waals surface area contributed by atoms with Gasteiger partial charge in [0.2, 0.25) is 0 Å². The molecule has 6 aromatic carbocycles. The lowest BCUT2D eigenvalue weighted by Crippen LogP contribution is -2.47. The molecule has 2 aliphatic heterocycles. The summed E-state index contributed by atoms with van der Waals surface area (Å²) in [5, 5.41) is 2.78. The molecule has 1 spiro atoms. The zero-order chi connectivity index (χ0) is 41.6. The molecule has 2 aliphatic carbocycles. The van der Waals surface area contributed by atoms with Crippen LogP contribution in [0.5, 0.6) is 34.5 Å². The van der Waals surface area contributed by atoms with Crippen LogP contribution in [0.2, 0.25) is 0 Å². The molecular formula is C53H52O6S. The largest absolute Gasteiger partial charge is 0.497 e. The van der Waals surface area contributed by atoms with E-state index in [-0.39, 0.29) is 16.2 Å². The maximum absolute atomic E-state index is 7.87. The molecule has 7 heteroatoms. The first kappa shape index (κ1) is 38.7. The number of hydrogen-bond donors (Lipinski definition) is 0. The Morgan fingerprint density at radius 2 is 1.22 bits per heavy atom. The first-order chi connectivity index (χ1) is 29.0. The topological polar surface area (TPSA) is 55.4 Å². The van der Waals surface area contributed by atoms with E-state index in [2.05, 4.69) is 105 Å². The number of ether oxygens (including phenoxy) is 6. The Balaban J connectivity index is 1.32. The third kappa shape index (κ3) is 5.83. The van der Waals surface area contributed by atoms with Gasteiger partial charge in [-0.3, -0.25) is 0 Å². The molecule has 0 radical (unpaired) electrons. The quantitative estimate of drug-likeness (QED) is 0.135. The monoisotopic (exact) mass is 816 g/mol. The van der Waals surface area contributed by atoms with Crippen LogP contribution >= 0.6 is 11.8 Å². The van der Waals surface area contributed by atoms with Gasteiger partial charge in [0.1, 0.15) is 34.5 Å². The molecule has 0 aromatic heterocycles. The summed E-state index contributed by atoms with van der Waals surface area (Å²) >= 11 is 2.13. The summed E-state index contributed by atoms with van der Waals surface area (Å²) in [4.78, 5) is 0. The van der Waals surface area contributed by atoms with Crippen molar-refractivity contribution in [3.63, 3.8) is 0 Å². The fourth-order valence-electron chi connectivity index (χ4n) is 11.6. The summed E-state index contributed by atoms with van der Waals surface area (Å²) in [6.07, 6.45) is 7.99. The van der Waals surface area contributed by atoms with Gasteiger partial charge < -0.3 is 28.4 Å². The van der Waals surface area contributed by atoms with Crippen LogP contribution in [0, 0.1) is 10.8 Å². The Bertz CT molecular complexity index is 2650. The SMILES string of the molecule is COc1ccc(C2(c3ccc(OC)cc3)C=Cc3c4c(c5cc(OC)c(-c6ccc(OC)cc6OC)cc5c3O2)-c2ccccc2C42CC(C)(C)CC(C)(C3CS3)C2)cc1. The molecule has 306 valence electrons. The molecule has 10 rings (SSSR count). The lowest BCUT2D eigenvalue weighted by atomic mass is 9.51. The highest BCUT2D eigenvalue weighted by molar-refractivity contribution is 8.06. The van der Waals surface area contributed by atoms with Gasteiger partial charge in [0, 0.05) is 55.7 Å². The van der Waals surface area contributed by atoms with E-state index in [1.54, 1.807) is 35.5 Å². The minimum absolute atomic E-state index is 0.106. The molecule has 4 aliphatic rings. The van der Waals surface area contributed by atoms with Gasteiger partial charge in [0.05, 0.1) is 35.5 Å². The molecule has 3 unspecified atom stereocenters. The van der Waals surface area contributed by atoms with Crippen molar-refractivity contribution in [1.29, 1.82) is 0 Å². The Kier molecular flexibility index (Phi) is 9.03. The Morgan fingerprint density at radius 3 is 1.83 bits per heavy atom. The molecular weight excluding hydrogens is 765 g/mol. The minimum atomic E-state index is -0.978. The second-order valence-electron chi connectivity index (χ2n) is 18.1. The summed E-state index contributed by atoms with van der Waals surface area (Å²) in [6.45, 7) is 7.56. The number of benzene rings is 6. The van der Waals surface area contributed by atoms with Crippen LogP contribution in [0.25, 0.3) is 39.1 Å². The van der Waals surface area contributed by atoms with Crippen LogP contribution in [0.4, 0.5) is 0 Å². The highest BCUT2D eigenvalue weighted by Gasteiger charge is 2.60. The summed E-state index contributed by atoms with van der Waals surface area (Å²) in [5.74, 6) is 5.83. The van der Waals surface area contributed by atoms with E-state index < -0.39 is 5.60 Å². The fraction of sp³-hybridized carbons (Fsp3) is 0.321. The Hall–Kier alpha value is -5.53. The van der Waals surface area contributed by atoms with Crippen molar-refractivity contribution in [2.24, 2.45) is 10.8 Å². The minimum Gasteiger partial charge on any atom is -0.497 e. The van der Waals surface area contributed by atoms with Gasteiger partial charge >= 0.3 is 0 Å². The number of thioether (sulfide) groups is 1. The van der Waals surface area contributed by atoms with Gasteiger partial charge in [0.25, 0.3) is 0 Å². The van der Waals surface area contributed by atoms with Gasteiger partial charge in [-0.25, -0.2) is 0 Å². The Morgan fingerprint density at radius 1 is 0.600 bits per heavy atom. The first-order valence-corrected chi connectivity index (χ1v) is 21.9.